The van der Waals surface area contributed by atoms with E-state index in [0.29, 0.717) is 5.69 Å². The van der Waals surface area contributed by atoms with Crippen LogP contribution in [0.25, 0.3) is 22.4 Å². The third kappa shape index (κ3) is 1.68. The quantitative estimate of drug-likeness (QED) is 0.676. The second kappa shape index (κ2) is 4.07. The highest BCUT2D eigenvalue weighted by Crippen LogP contribution is 2.26. The molecule has 0 aliphatic heterocycles. The number of benzene rings is 2. The van der Waals surface area contributed by atoms with Crippen LogP contribution in [-0.4, -0.2) is 17.1 Å². The standard InChI is InChI=1S/C14H13N3O/c1-18-9-6-7-12-13(8-9)17-14(16-12)10-4-2-3-5-11(10)15/h2-8H,15H2,1H3,(H,16,17). The highest BCUT2D eigenvalue weighted by Gasteiger charge is 2.08. The zero-order valence-corrected chi connectivity index (χ0v) is 9.97. The first-order valence-corrected chi connectivity index (χ1v) is 5.66. The van der Waals surface area contributed by atoms with Crippen LogP contribution < -0.4 is 10.5 Å². The topological polar surface area (TPSA) is 63.9 Å². The number of hydrogen-bond acceptors (Lipinski definition) is 3. The number of nitrogens with zero attached hydrogens (tertiary/aromatic N) is 1. The second-order valence-corrected chi connectivity index (χ2v) is 4.06. The molecule has 0 fully saturated rings. The molecule has 1 heterocycles. The zero-order valence-electron chi connectivity index (χ0n) is 9.97. The van der Waals surface area contributed by atoms with Crippen LogP contribution in [0.5, 0.6) is 5.75 Å². The summed E-state index contributed by atoms with van der Waals surface area (Å²) in [6.07, 6.45) is 0. The first-order chi connectivity index (χ1) is 8.78. The number of imidazole rings is 1. The van der Waals surface area contributed by atoms with Crippen molar-refractivity contribution in [1.29, 1.82) is 0 Å². The molecule has 3 rings (SSSR count). The van der Waals surface area contributed by atoms with E-state index in [1.54, 1.807) is 7.11 Å². The van der Waals surface area contributed by atoms with Gasteiger partial charge in [-0.2, -0.15) is 0 Å². The van der Waals surface area contributed by atoms with E-state index >= 15 is 0 Å². The molecule has 2 aromatic carbocycles. The van der Waals surface area contributed by atoms with Gasteiger partial charge >= 0.3 is 0 Å². The highest BCUT2D eigenvalue weighted by atomic mass is 16.5. The van der Waals surface area contributed by atoms with E-state index in [1.807, 2.05) is 42.5 Å². The molecule has 1 aromatic heterocycles. The average molecular weight is 239 g/mol. The van der Waals surface area contributed by atoms with Gasteiger partial charge in [0.1, 0.15) is 11.6 Å². The minimum atomic E-state index is 0.712. The molecule has 0 aliphatic rings. The van der Waals surface area contributed by atoms with Crippen LogP contribution in [0.1, 0.15) is 0 Å². The van der Waals surface area contributed by atoms with Gasteiger partial charge in [-0.15, -0.1) is 0 Å². The van der Waals surface area contributed by atoms with Crippen molar-refractivity contribution in [3.8, 4) is 17.1 Å². The van der Waals surface area contributed by atoms with Crippen molar-refractivity contribution in [2.75, 3.05) is 12.8 Å². The second-order valence-electron chi connectivity index (χ2n) is 4.06. The molecule has 90 valence electrons. The molecular formula is C14H13N3O. The largest absolute Gasteiger partial charge is 0.497 e. The average Bonchev–Trinajstić information content (AvgIpc) is 2.81. The first-order valence-electron chi connectivity index (χ1n) is 5.66. The summed E-state index contributed by atoms with van der Waals surface area (Å²) < 4.78 is 5.19. The van der Waals surface area contributed by atoms with Crippen LogP contribution in [-0.2, 0) is 0 Å². The van der Waals surface area contributed by atoms with E-state index in [-0.39, 0.29) is 0 Å². The van der Waals surface area contributed by atoms with Crippen molar-refractivity contribution in [2.45, 2.75) is 0 Å². The Balaban J connectivity index is 2.17. The van der Waals surface area contributed by atoms with Gasteiger partial charge in [-0.1, -0.05) is 12.1 Å². The number of hydrogen-bond donors (Lipinski definition) is 2. The molecule has 0 unspecified atom stereocenters. The molecule has 3 aromatic rings. The van der Waals surface area contributed by atoms with E-state index < -0.39 is 0 Å². The number of anilines is 1. The van der Waals surface area contributed by atoms with Gasteiger partial charge in [0.25, 0.3) is 0 Å². The number of nitrogens with one attached hydrogen (secondary N) is 1. The monoisotopic (exact) mass is 239 g/mol. The summed E-state index contributed by atoms with van der Waals surface area (Å²) in [4.78, 5) is 7.78. The Morgan fingerprint density at radius 1 is 1.17 bits per heavy atom. The fourth-order valence-corrected chi connectivity index (χ4v) is 1.96. The van der Waals surface area contributed by atoms with Gasteiger partial charge in [-0.3, -0.25) is 0 Å². The molecule has 4 nitrogen and oxygen atoms in total. The number of ether oxygens (including phenoxy) is 1. The van der Waals surface area contributed by atoms with E-state index in [2.05, 4.69) is 9.97 Å². The number of nitrogens with two attached hydrogens (primary N) is 1. The van der Waals surface area contributed by atoms with Crippen molar-refractivity contribution >= 4 is 16.7 Å². The maximum atomic E-state index is 5.95. The Morgan fingerprint density at radius 2 is 2.00 bits per heavy atom. The Hall–Kier alpha value is -2.49. The van der Waals surface area contributed by atoms with E-state index in [0.717, 1.165) is 28.2 Å². The number of para-hydroxylation sites is 1. The molecule has 0 bridgehead atoms. The predicted molar refractivity (Wildman–Crippen MR) is 72.5 cm³/mol. The Bertz CT molecular complexity index is 703. The van der Waals surface area contributed by atoms with Crippen LogP contribution in [0.2, 0.25) is 0 Å². The van der Waals surface area contributed by atoms with Gasteiger partial charge in [0.05, 0.1) is 18.1 Å². The molecule has 4 heteroatoms. The van der Waals surface area contributed by atoms with Crippen molar-refractivity contribution in [3.63, 3.8) is 0 Å². The number of methoxy groups -OCH3 is 1. The maximum Gasteiger partial charge on any atom is 0.140 e. The van der Waals surface area contributed by atoms with Gasteiger partial charge in [0.2, 0.25) is 0 Å². The SMILES string of the molecule is COc1ccc2nc(-c3ccccc3N)[nH]c2c1. The summed E-state index contributed by atoms with van der Waals surface area (Å²) in [5, 5.41) is 0. The highest BCUT2D eigenvalue weighted by molar-refractivity contribution is 5.83. The number of H-pyrrole nitrogens is 1. The van der Waals surface area contributed by atoms with Gasteiger partial charge in [-0.25, -0.2) is 4.98 Å². The van der Waals surface area contributed by atoms with Crippen LogP contribution in [0, 0.1) is 0 Å². The summed E-state index contributed by atoms with van der Waals surface area (Å²) >= 11 is 0. The van der Waals surface area contributed by atoms with E-state index in [4.69, 9.17) is 10.5 Å². The fourth-order valence-electron chi connectivity index (χ4n) is 1.96. The van der Waals surface area contributed by atoms with Gasteiger partial charge < -0.3 is 15.5 Å². The zero-order chi connectivity index (χ0) is 12.5. The lowest BCUT2D eigenvalue weighted by Gasteiger charge is -2.00. The van der Waals surface area contributed by atoms with Crippen molar-refractivity contribution in [2.24, 2.45) is 0 Å². The van der Waals surface area contributed by atoms with Crippen LogP contribution in [0.3, 0.4) is 0 Å². The first kappa shape index (κ1) is 10.7. The van der Waals surface area contributed by atoms with Crippen LogP contribution >= 0.6 is 0 Å². The fraction of sp³-hybridized carbons (Fsp3) is 0.0714. The summed E-state index contributed by atoms with van der Waals surface area (Å²) in [5.41, 5.74) is 9.40. The normalized spacial score (nSPS) is 10.7. The Morgan fingerprint density at radius 3 is 2.78 bits per heavy atom. The lowest BCUT2D eigenvalue weighted by atomic mass is 10.2. The minimum absolute atomic E-state index is 0.712. The van der Waals surface area contributed by atoms with Crippen molar-refractivity contribution in [3.05, 3.63) is 42.5 Å². The van der Waals surface area contributed by atoms with Gasteiger partial charge in [0, 0.05) is 17.3 Å². The molecule has 0 spiro atoms. The molecule has 3 N–H and O–H groups in total. The molecule has 0 radical (unpaired) electrons. The number of rotatable bonds is 2. The molecule has 18 heavy (non-hydrogen) atoms. The van der Waals surface area contributed by atoms with Crippen LogP contribution in [0.4, 0.5) is 5.69 Å². The van der Waals surface area contributed by atoms with E-state index in [9.17, 15) is 0 Å². The molecule has 0 saturated heterocycles. The maximum absolute atomic E-state index is 5.95. The van der Waals surface area contributed by atoms with Crippen molar-refractivity contribution < 1.29 is 4.74 Å². The summed E-state index contributed by atoms with van der Waals surface area (Å²) in [5.74, 6) is 1.58. The lowest BCUT2D eigenvalue weighted by Crippen LogP contribution is -1.90. The number of nitrogen functional groups attached to an aromatic ring is 1. The molecule has 0 atom stereocenters. The number of aromatic nitrogens is 2. The Kier molecular flexibility index (Phi) is 2.41. The molecule has 0 saturated carbocycles. The minimum Gasteiger partial charge on any atom is -0.497 e. The van der Waals surface area contributed by atoms with Crippen LogP contribution in [0.15, 0.2) is 42.5 Å². The summed E-state index contributed by atoms with van der Waals surface area (Å²) in [6, 6.07) is 13.4. The Labute approximate surface area is 104 Å². The number of aromatic amines is 1. The molecular weight excluding hydrogens is 226 g/mol. The van der Waals surface area contributed by atoms with Gasteiger partial charge in [0.15, 0.2) is 0 Å². The third-order valence-electron chi connectivity index (χ3n) is 2.90. The summed E-state index contributed by atoms with van der Waals surface area (Å²) in [6.45, 7) is 0. The molecule has 0 amide bonds. The van der Waals surface area contributed by atoms with E-state index in [1.165, 1.54) is 0 Å². The molecule has 0 aliphatic carbocycles. The lowest BCUT2D eigenvalue weighted by molar-refractivity contribution is 0.415. The third-order valence-corrected chi connectivity index (χ3v) is 2.90. The smallest absolute Gasteiger partial charge is 0.140 e. The van der Waals surface area contributed by atoms with Crippen molar-refractivity contribution in [1.82, 2.24) is 9.97 Å². The predicted octanol–water partition coefficient (Wildman–Crippen LogP) is 2.82. The number of fused-ring (bicyclic) bond motifs is 1. The van der Waals surface area contributed by atoms with Gasteiger partial charge in [-0.05, 0) is 24.3 Å². The summed E-state index contributed by atoms with van der Waals surface area (Å²) in [7, 11) is 1.65.